The van der Waals surface area contributed by atoms with Gasteiger partial charge < -0.3 is 4.90 Å². The highest BCUT2D eigenvalue weighted by Gasteiger charge is 2.48. The van der Waals surface area contributed by atoms with Crippen molar-refractivity contribution in [2.75, 3.05) is 52.9 Å². The van der Waals surface area contributed by atoms with E-state index in [9.17, 15) is 0 Å². The predicted octanol–water partition coefficient (Wildman–Crippen LogP) is 5.36. The lowest BCUT2D eigenvalue weighted by Gasteiger charge is -2.37. The fourth-order valence-corrected chi connectivity index (χ4v) is 5.31. The van der Waals surface area contributed by atoms with E-state index in [1.54, 1.807) is 0 Å². The molecule has 3 nitrogen and oxygen atoms in total. The fourth-order valence-electron chi connectivity index (χ4n) is 5.31. The van der Waals surface area contributed by atoms with Crippen LogP contribution in [0.5, 0.6) is 0 Å². The highest BCUT2D eigenvalue weighted by molar-refractivity contribution is 5.79. The van der Waals surface area contributed by atoms with Crippen molar-refractivity contribution in [3.8, 4) is 0 Å². The van der Waals surface area contributed by atoms with Crippen LogP contribution in [0.25, 0.3) is 5.57 Å². The van der Waals surface area contributed by atoms with Crippen LogP contribution in [0.4, 0.5) is 0 Å². The van der Waals surface area contributed by atoms with Gasteiger partial charge in [-0.1, -0.05) is 97.1 Å². The maximum absolute atomic E-state index is 2.76. The molecule has 1 heterocycles. The quantitative estimate of drug-likeness (QED) is 0.434. The van der Waals surface area contributed by atoms with E-state index in [1.807, 2.05) is 0 Å². The van der Waals surface area contributed by atoms with Crippen molar-refractivity contribution in [3.05, 3.63) is 114 Å². The van der Waals surface area contributed by atoms with Gasteiger partial charge in [0.05, 0.1) is 0 Å². The minimum atomic E-state index is 0.183. The number of benzene rings is 3. The molecule has 0 atom stereocenters. The monoisotopic (exact) mass is 451 g/mol. The molecule has 0 N–H and O–H groups in total. The molecule has 0 radical (unpaired) electrons. The van der Waals surface area contributed by atoms with Crippen LogP contribution in [0.2, 0.25) is 0 Å². The highest BCUT2D eigenvalue weighted by Crippen LogP contribution is 2.51. The van der Waals surface area contributed by atoms with Crippen LogP contribution in [-0.4, -0.2) is 67.6 Å². The number of hydrogen-bond donors (Lipinski definition) is 0. The summed E-state index contributed by atoms with van der Waals surface area (Å²) in [4.78, 5) is 7.84. The van der Waals surface area contributed by atoms with E-state index in [-0.39, 0.29) is 5.54 Å². The standard InChI is InChI=1S/C31H37N3/c1-32-21-23-33(24-22-32)25-26-34(31(18-19-31)29-15-9-4-10-16-29)20-17-30(27-11-5-2-6-12-27)28-13-7-3-8-14-28/h2-17H,18-26H2,1H3. The van der Waals surface area contributed by atoms with E-state index in [0.717, 1.165) is 19.6 Å². The van der Waals surface area contributed by atoms with Crippen molar-refractivity contribution in [3.63, 3.8) is 0 Å². The Morgan fingerprint density at radius 3 is 1.82 bits per heavy atom. The molecule has 0 aromatic heterocycles. The summed E-state index contributed by atoms with van der Waals surface area (Å²) in [7, 11) is 2.23. The summed E-state index contributed by atoms with van der Waals surface area (Å²) >= 11 is 0. The normalized spacial score (nSPS) is 18.1. The van der Waals surface area contributed by atoms with Gasteiger partial charge in [0.15, 0.2) is 0 Å². The molecule has 0 bridgehead atoms. The molecule has 0 spiro atoms. The second kappa shape index (κ2) is 10.7. The van der Waals surface area contributed by atoms with Crippen molar-refractivity contribution in [2.45, 2.75) is 18.4 Å². The van der Waals surface area contributed by atoms with Crippen LogP contribution in [0.15, 0.2) is 97.1 Å². The second-order valence-electron chi connectivity index (χ2n) is 9.84. The second-order valence-corrected chi connectivity index (χ2v) is 9.84. The number of nitrogens with zero attached hydrogens (tertiary/aromatic N) is 3. The molecular formula is C31H37N3. The first-order valence-corrected chi connectivity index (χ1v) is 12.8. The first-order chi connectivity index (χ1) is 16.7. The topological polar surface area (TPSA) is 9.72 Å². The lowest BCUT2D eigenvalue weighted by atomic mass is 9.97. The van der Waals surface area contributed by atoms with Crippen LogP contribution >= 0.6 is 0 Å². The number of likely N-dealkylation sites (N-methyl/N-ethyl adjacent to an activating group) is 1. The highest BCUT2D eigenvalue weighted by atomic mass is 15.3. The Hall–Kier alpha value is -2.72. The van der Waals surface area contributed by atoms with Gasteiger partial charge in [0.1, 0.15) is 0 Å². The molecule has 3 aromatic carbocycles. The van der Waals surface area contributed by atoms with E-state index in [2.05, 4.69) is 119 Å². The molecule has 5 rings (SSSR count). The summed E-state index contributed by atoms with van der Waals surface area (Å²) < 4.78 is 0. The molecular weight excluding hydrogens is 414 g/mol. The molecule has 1 aliphatic heterocycles. The Morgan fingerprint density at radius 2 is 1.29 bits per heavy atom. The molecule has 0 amide bonds. The molecule has 2 aliphatic rings. The third-order valence-corrected chi connectivity index (χ3v) is 7.61. The number of rotatable bonds is 9. The summed E-state index contributed by atoms with van der Waals surface area (Å²) in [5.74, 6) is 0. The third kappa shape index (κ3) is 5.33. The van der Waals surface area contributed by atoms with Crippen LogP contribution in [-0.2, 0) is 5.54 Å². The van der Waals surface area contributed by atoms with Gasteiger partial charge in [0, 0.05) is 51.4 Å². The third-order valence-electron chi connectivity index (χ3n) is 7.61. The largest absolute Gasteiger partial charge is 0.304 e. The lowest BCUT2D eigenvalue weighted by molar-refractivity contribution is 0.118. The van der Waals surface area contributed by atoms with Crippen LogP contribution in [0.1, 0.15) is 29.5 Å². The van der Waals surface area contributed by atoms with Gasteiger partial charge in [-0.15, -0.1) is 0 Å². The first-order valence-electron chi connectivity index (χ1n) is 12.8. The van der Waals surface area contributed by atoms with E-state index in [0.29, 0.717) is 0 Å². The summed E-state index contributed by atoms with van der Waals surface area (Å²) in [6, 6.07) is 32.9. The van der Waals surface area contributed by atoms with E-state index in [4.69, 9.17) is 0 Å². The SMILES string of the molecule is CN1CCN(CCN(CC=C(c2ccccc2)c2ccccc2)C2(c3ccccc3)CC2)CC1. The Bertz CT molecular complexity index is 1010. The lowest BCUT2D eigenvalue weighted by Crippen LogP contribution is -2.48. The summed E-state index contributed by atoms with van der Waals surface area (Å²) in [6.45, 7) is 7.91. The fraction of sp³-hybridized carbons (Fsp3) is 0.355. The Balaban J connectivity index is 1.42. The van der Waals surface area contributed by atoms with Gasteiger partial charge in [-0.05, 0) is 42.2 Å². The number of hydrogen-bond acceptors (Lipinski definition) is 3. The van der Waals surface area contributed by atoms with E-state index < -0.39 is 0 Å². The summed E-state index contributed by atoms with van der Waals surface area (Å²) in [5, 5.41) is 0. The molecule has 1 aliphatic carbocycles. The van der Waals surface area contributed by atoms with Gasteiger partial charge in [0.2, 0.25) is 0 Å². The van der Waals surface area contributed by atoms with Gasteiger partial charge in [-0.3, -0.25) is 9.80 Å². The van der Waals surface area contributed by atoms with Gasteiger partial charge in [-0.2, -0.15) is 0 Å². The molecule has 2 fully saturated rings. The average Bonchev–Trinajstić information content (AvgIpc) is 3.71. The minimum Gasteiger partial charge on any atom is -0.304 e. The molecule has 1 saturated heterocycles. The van der Waals surface area contributed by atoms with Crippen LogP contribution in [0.3, 0.4) is 0 Å². The zero-order chi connectivity index (χ0) is 23.2. The summed E-state index contributed by atoms with van der Waals surface area (Å²) in [6.07, 6.45) is 4.97. The molecule has 176 valence electrons. The Morgan fingerprint density at radius 1 is 0.765 bits per heavy atom. The van der Waals surface area contributed by atoms with Crippen molar-refractivity contribution in [1.29, 1.82) is 0 Å². The van der Waals surface area contributed by atoms with Crippen molar-refractivity contribution in [1.82, 2.24) is 14.7 Å². The van der Waals surface area contributed by atoms with Crippen LogP contribution in [0, 0.1) is 0 Å². The van der Waals surface area contributed by atoms with Crippen molar-refractivity contribution >= 4 is 5.57 Å². The molecule has 3 aromatic rings. The maximum Gasteiger partial charge on any atom is 0.0466 e. The minimum absolute atomic E-state index is 0.183. The average molecular weight is 452 g/mol. The predicted molar refractivity (Wildman–Crippen MR) is 143 cm³/mol. The van der Waals surface area contributed by atoms with Crippen LogP contribution < -0.4 is 0 Å². The summed E-state index contributed by atoms with van der Waals surface area (Å²) in [5.41, 5.74) is 5.56. The van der Waals surface area contributed by atoms with Gasteiger partial charge in [0.25, 0.3) is 0 Å². The van der Waals surface area contributed by atoms with Crippen molar-refractivity contribution in [2.24, 2.45) is 0 Å². The van der Waals surface area contributed by atoms with E-state index in [1.165, 1.54) is 61.3 Å². The van der Waals surface area contributed by atoms with Gasteiger partial charge >= 0.3 is 0 Å². The van der Waals surface area contributed by atoms with Gasteiger partial charge in [-0.25, -0.2) is 0 Å². The van der Waals surface area contributed by atoms with E-state index >= 15 is 0 Å². The zero-order valence-corrected chi connectivity index (χ0v) is 20.4. The number of piperazine rings is 1. The smallest absolute Gasteiger partial charge is 0.0466 e. The first kappa shape index (κ1) is 23.0. The Kier molecular flexibility index (Phi) is 7.24. The molecule has 3 heteroatoms. The molecule has 34 heavy (non-hydrogen) atoms. The maximum atomic E-state index is 2.76. The molecule has 0 unspecified atom stereocenters. The molecule has 1 saturated carbocycles. The van der Waals surface area contributed by atoms with Crippen molar-refractivity contribution < 1.29 is 0 Å². The Labute approximate surface area is 205 Å². The zero-order valence-electron chi connectivity index (χ0n) is 20.4.